The van der Waals surface area contributed by atoms with Crippen molar-refractivity contribution in [2.45, 2.75) is 13.8 Å². The van der Waals surface area contributed by atoms with Crippen LogP contribution in [0.5, 0.6) is 0 Å². The summed E-state index contributed by atoms with van der Waals surface area (Å²) in [7, 11) is 3.16. The lowest BCUT2D eigenvalue weighted by molar-refractivity contribution is -0.121. The summed E-state index contributed by atoms with van der Waals surface area (Å²) in [5.74, 6) is -0.474. The van der Waals surface area contributed by atoms with E-state index in [1.807, 2.05) is 62.4 Å². The zero-order valence-corrected chi connectivity index (χ0v) is 16.6. The van der Waals surface area contributed by atoms with Crippen molar-refractivity contribution in [1.82, 2.24) is 20.0 Å². The Kier molecular flexibility index (Phi) is 5.59. The summed E-state index contributed by atoms with van der Waals surface area (Å²) in [6.45, 7) is 4.06. The fourth-order valence-electron chi connectivity index (χ4n) is 2.92. The van der Waals surface area contributed by atoms with Crippen LogP contribution in [0.3, 0.4) is 0 Å². The third-order valence-corrected chi connectivity index (χ3v) is 4.75. The minimum absolute atomic E-state index is 0.0157. The molecule has 0 unspecified atom stereocenters. The first-order valence-electron chi connectivity index (χ1n) is 9.09. The van der Waals surface area contributed by atoms with E-state index < -0.39 is 0 Å². The molecule has 0 fully saturated rings. The molecule has 3 aromatic rings. The number of amides is 2. The largest absolute Gasteiger partial charge is 0.358 e. The van der Waals surface area contributed by atoms with E-state index in [9.17, 15) is 9.59 Å². The highest BCUT2D eigenvalue weighted by atomic mass is 16.2. The van der Waals surface area contributed by atoms with E-state index in [0.29, 0.717) is 11.3 Å². The van der Waals surface area contributed by atoms with Gasteiger partial charge in [0.15, 0.2) is 0 Å². The molecule has 1 N–H and O–H groups in total. The number of rotatable bonds is 5. The molecule has 2 amide bonds. The fraction of sp³-hybridized carbons (Fsp3) is 0.227. The van der Waals surface area contributed by atoms with Crippen molar-refractivity contribution in [1.29, 1.82) is 0 Å². The van der Waals surface area contributed by atoms with E-state index in [-0.39, 0.29) is 18.4 Å². The summed E-state index contributed by atoms with van der Waals surface area (Å²) < 4.78 is 1.70. The molecule has 6 nitrogen and oxygen atoms in total. The average molecular weight is 376 g/mol. The van der Waals surface area contributed by atoms with Gasteiger partial charge in [0.05, 0.1) is 17.8 Å². The number of nitrogens with zero attached hydrogens (tertiary/aromatic N) is 3. The number of benzene rings is 2. The molecule has 0 spiro atoms. The molecular weight excluding hydrogens is 352 g/mol. The van der Waals surface area contributed by atoms with E-state index in [0.717, 1.165) is 16.8 Å². The SMILES string of the molecule is CNC(=O)CN(C)C(=O)c1cn(-c2ccccc2)nc1-c1ccc(C)c(C)c1. The van der Waals surface area contributed by atoms with Crippen LogP contribution in [0.2, 0.25) is 0 Å². The van der Waals surface area contributed by atoms with Gasteiger partial charge in [-0.15, -0.1) is 0 Å². The molecule has 3 rings (SSSR count). The highest BCUT2D eigenvalue weighted by Gasteiger charge is 2.23. The van der Waals surface area contributed by atoms with Crippen LogP contribution in [0.1, 0.15) is 21.5 Å². The van der Waals surface area contributed by atoms with E-state index in [2.05, 4.69) is 5.32 Å². The van der Waals surface area contributed by atoms with Gasteiger partial charge in [-0.2, -0.15) is 5.10 Å². The minimum Gasteiger partial charge on any atom is -0.358 e. The Balaban J connectivity index is 2.08. The van der Waals surface area contributed by atoms with Crippen LogP contribution in [0, 0.1) is 13.8 Å². The average Bonchev–Trinajstić information content (AvgIpc) is 3.15. The van der Waals surface area contributed by atoms with Gasteiger partial charge in [0.1, 0.15) is 5.69 Å². The van der Waals surface area contributed by atoms with Crippen LogP contribution in [-0.2, 0) is 4.79 Å². The van der Waals surface area contributed by atoms with Gasteiger partial charge in [-0.1, -0.05) is 30.3 Å². The number of hydrogen-bond donors (Lipinski definition) is 1. The van der Waals surface area contributed by atoms with E-state index >= 15 is 0 Å². The lowest BCUT2D eigenvalue weighted by Gasteiger charge is -2.16. The van der Waals surface area contributed by atoms with Crippen LogP contribution >= 0.6 is 0 Å². The summed E-state index contributed by atoms with van der Waals surface area (Å²) in [6.07, 6.45) is 1.72. The van der Waals surface area contributed by atoms with Crippen molar-refractivity contribution in [3.8, 4) is 16.9 Å². The molecule has 0 aliphatic heterocycles. The van der Waals surface area contributed by atoms with Crippen LogP contribution in [-0.4, -0.2) is 47.1 Å². The second-order valence-corrected chi connectivity index (χ2v) is 6.80. The smallest absolute Gasteiger partial charge is 0.257 e. The normalized spacial score (nSPS) is 10.6. The number of hydrogen-bond acceptors (Lipinski definition) is 3. The van der Waals surface area contributed by atoms with Gasteiger partial charge in [0.25, 0.3) is 5.91 Å². The summed E-state index contributed by atoms with van der Waals surface area (Å²) >= 11 is 0. The quantitative estimate of drug-likeness (QED) is 0.744. The first-order valence-corrected chi connectivity index (χ1v) is 9.09. The molecule has 0 saturated carbocycles. The van der Waals surface area contributed by atoms with Gasteiger partial charge in [-0.25, -0.2) is 4.68 Å². The van der Waals surface area contributed by atoms with E-state index in [4.69, 9.17) is 5.10 Å². The third kappa shape index (κ3) is 3.96. The molecule has 0 saturated heterocycles. The second-order valence-electron chi connectivity index (χ2n) is 6.80. The number of aromatic nitrogens is 2. The van der Waals surface area contributed by atoms with Crippen molar-refractivity contribution in [3.05, 3.63) is 71.4 Å². The number of aryl methyl sites for hydroxylation is 2. The topological polar surface area (TPSA) is 67.2 Å². The molecule has 0 radical (unpaired) electrons. The fourth-order valence-corrected chi connectivity index (χ4v) is 2.92. The third-order valence-electron chi connectivity index (χ3n) is 4.75. The van der Waals surface area contributed by atoms with Crippen molar-refractivity contribution in [2.24, 2.45) is 0 Å². The number of carbonyl (C=O) groups excluding carboxylic acids is 2. The Bertz CT molecular complexity index is 1010. The molecule has 28 heavy (non-hydrogen) atoms. The maximum atomic E-state index is 13.1. The lowest BCUT2D eigenvalue weighted by atomic mass is 10.0. The minimum atomic E-state index is -0.251. The van der Waals surface area contributed by atoms with E-state index in [1.165, 1.54) is 10.5 Å². The van der Waals surface area contributed by atoms with Crippen LogP contribution < -0.4 is 5.32 Å². The Morgan fingerprint density at radius 1 is 1.07 bits per heavy atom. The summed E-state index contributed by atoms with van der Waals surface area (Å²) in [5, 5.41) is 7.23. The number of para-hydroxylation sites is 1. The standard InChI is InChI=1S/C22H24N4O2/c1-15-10-11-17(12-16(15)2)21-19(22(28)25(4)14-20(27)23-3)13-26(24-21)18-8-6-5-7-9-18/h5-13H,14H2,1-4H3,(H,23,27). The van der Waals surface area contributed by atoms with Gasteiger partial charge in [0.2, 0.25) is 5.91 Å². The monoisotopic (exact) mass is 376 g/mol. The van der Waals surface area contributed by atoms with Gasteiger partial charge in [0, 0.05) is 25.9 Å². The number of likely N-dealkylation sites (N-methyl/N-ethyl adjacent to an activating group) is 2. The van der Waals surface area contributed by atoms with Gasteiger partial charge >= 0.3 is 0 Å². The highest BCUT2D eigenvalue weighted by Crippen LogP contribution is 2.26. The lowest BCUT2D eigenvalue weighted by Crippen LogP contribution is -2.36. The molecule has 0 aliphatic rings. The molecule has 6 heteroatoms. The van der Waals surface area contributed by atoms with Crippen molar-refractivity contribution in [2.75, 3.05) is 20.6 Å². The molecular formula is C22H24N4O2. The molecule has 0 atom stereocenters. The molecule has 144 valence electrons. The molecule has 2 aromatic carbocycles. The maximum absolute atomic E-state index is 13.1. The molecule has 0 aliphatic carbocycles. The number of carbonyl (C=O) groups is 2. The first kappa shape index (κ1) is 19.4. The first-order chi connectivity index (χ1) is 13.4. The Morgan fingerprint density at radius 3 is 2.43 bits per heavy atom. The van der Waals surface area contributed by atoms with Crippen molar-refractivity contribution >= 4 is 11.8 Å². The zero-order valence-electron chi connectivity index (χ0n) is 16.6. The Hall–Kier alpha value is -3.41. The zero-order chi connectivity index (χ0) is 20.3. The van der Waals surface area contributed by atoms with Crippen LogP contribution in [0.15, 0.2) is 54.7 Å². The molecule has 1 aromatic heterocycles. The highest BCUT2D eigenvalue weighted by molar-refractivity contribution is 6.01. The second kappa shape index (κ2) is 8.08. The van der Waals surface area contributed by atoms with Crippen molar-refractivity contribution in [3.63, 3.8) is 0 Å². The van der Waals surface area contributed by atoms with Crippen LogP contribution in [0.4, 0.5) is 0 Å². The maximum Gasteiger partial charge on any atom is 0.257 e. The van der Waals surface area contributed by atoms with E-state index in [1.54, 1.807) is 25.0 Å². The Morgan fingerprint density at radius 2 is 1.79 bits per heavy atom. The van der Waals surface area contributed by atoms with Crippen LogP contribution in [0.25, 0.3) is 16.9 Å². The summed E-state index contributed by atoms with van der Waals surface area (Å²) in [5.41, 5.74) is 5.09. The predicted octanol–water partition coefficient (Wildman–Crippen LogP) is 2.97. The van der Waals surface area contributed by atoms with Gasteiger partial charge in [-0.3, -0.25) is 9.59 Å². The summed E-state index contributed by atoms with van der Waals surface area (Å²) in [4.78, 5) is 26.2. The predicted molar refractivity (Wildman–Crippen MR) is 110 cm³/mol. The molecule has 1 heterocycles. The van der Waals surface area contributed by atoms with Gasteiger partial charge < -0.3 is 10.2 Å². The molecule has 0 bridgehead atoms. The van der Waals surface area contributed by atoms with Gasteiger partial charge in [-0.05, 0) is 43.2 Å². The Labute approximate surface area is 164 Å². The number of nitrogens with one attached hydrogen (secondary N) is 1. The van der Waals surface area contributed by atoms with Crippen molar-refractivity contribution < 1.29 is 9.59 Å². The summed E-state index contributed by atoms with van der Waals surface area (Å²) in [6, 6.07) is 15.7.